The van der Waals surface area contributed by atoms with Crippen molar-refractivity contribution in [2.24, 2.45) is 0 Å². The fraction of sp³-hybridized carbons (Fsp3) is 0.714. The van der Waals surface area contributed by atoms with E-state index in [4.69, 9.17) is 9.47 Å². The van der Waals surface area contributed by atoms with Crippen LogP contribution in [0.5, 0.6) is 0 Å². The smallest absolute Gasteiger partial charge is 0.378 e. The van der Waals surface area contributed by atoms with Gasteiger partial charge >= 0.3 is 6.18 Å². The molecule has 1 aromatic heterocycles. The minimum absolute atomic E-state index is 0.0421. The van der Waals surface area contributed by atoms with Gasteiger partial charge in [0.15, 0.2) is 11.5 Å². The summed E-state index contributed by atoms with van der Waals surface area (Å²) in [6.07, 6.45) is -2.72. The van der Waals surface area contributed by atoms with Crippen LogP contribution in [0.15, 0.2) is 12.1 Å². The first-order chi connectivity index (χ1) is 10.4. The van der Waals surface area contributed by atoms with Crippen LogP contribution in [0.1, 0.15) is 25.5 Å². The Morgan fingerprint density at radius 1 is 1.32 bits per heavy atom. The Morgan fingerprint density at radius 2 is 2.14 bits per heavy atom. The lowest BCUT2D eigenvalue weighted by Gasteiger charge is -2.47. The van der Waals surface area contributed by atoms with Gasteiger partial charge in [0, 0.05) is 13.2 Å². The molecule has 2 aliphatic heterocycles. The Balaban J connectivity index is 1.78. The number of halogens is 3. The molecular weight excluding hydrogens is 299 g/mol. The van der Waals surface area contributed by atoms with E-state index in [9.17, 15) is 13.2 Å². The van der Waals surface area contributed by atoms with Crippen molar-refractivity contribution in [2.45, 2.75) is 37.6 Å². The highest BCUT2D eigenvalue weighted by Gasteiger charge is 2.42. The molecule has 3 heterocycles. The molecule has 2 aliphatic rings. The fourth-order valence-electron chi connectivity index (χ4n) is 3.09. The highest BCUT2D eigenvalue weighted by molar-refractivity contribution is 5.39. The lowest BCUT2D eigenvalue weighted by Crippen LogP contribution is -2.58. The summed E-state index contributed by atoms with van der Waals surface area (Å²) in [5.74, 6) is 0.438. The molecule has 22 heavy (non-hydrogen) atoms. The molecule has 0 aromatic carbocycles. The van der Waals surface area contributed by atoms with Crippen LogP contribution in [0.25, 0.3) is 0 Å². The Labute approximate surface area is 126 Å². The van der Waals surface area contributed by atoms with Gasteiger partial charge in [-0.2, -0.15) is 13.2 Å². The van der Waals surface area contributed by atoms with E-state index in [0.29, 0.717) is 25.5 Å². The largest absolute Gasteiger partial charge is 0.435 e. The third-order valence-electron chi connectivity index (χ3n) is 3.96. The highest BCUT2D eigenvalue weighted by atomic mass is 19.4. The van der Waals surface area contributed by atoms with E-state index >= 15 is 0 Å². The van der Waals surface area contributed by atoms with Gasteiger partial charge in [0.25, 0.3) is 0 Å². The summed E-state index contributed by atoms with van der Waals surface area (Å²) in [5, 5.41) is 7.04. The van der Waals surface area contributed by atoms with Crippen molar-refractivity contribution in [3.63, 3.8) is 0 Å². The second-order valence-corrected chi connectivity index (χ2v) is 5.92. The molecule has 8 heteroatoms. The molecular formula is C14H18F3N3O2. The Bertz CT molecular complexity index is 515. The van der Waals surface area contributed by atoms with Gasteiger partial charge in [0.1, 0.15) is 5.60 Å². The van der Waals surface area contributed by atoms with E-state index in [0.717, 1.165) is 25.5 Å². The second kappa shape index (κ2) is 5.66. The zero-order valence-corrected chi connectivity index (χ0v) is 12.3. The normalized spacial score (nSPS) is 29.8. The maximum atomic E-state index is 12.6. The van der Waals surface area contributed by atoms with Crippen molar-refractivity contribution in [3.05, 3.63) is 17.8 Å². The summed E-state index contributed by atoms with van der Waals surface area (Å²) < 4.78 is 49.2. The quantitative estimate of drug-likeness (QED) is 0.795. The van der Waals surface area contributed by atoms with Gasteiger partial charge in [-0.25, -0.2) is 0 Å². The molecule has 5 nitrogen and oxygen atoms in total. The summed E-state index contributed by atoms with van der Waals surface area (Å²) in [6.45, 7) is 4.29. The maximum absolute atomic E-state index is 12.6. The molecule has 2 fully saturated rings. The van der Waals surface area contributed by atoms with Gasteiger partial charge in [-0.15, -0.1) is 10.2 Å². The third-order valence-corrected chi connectivity index (χ3v) is 3.96. The van der Waals surface area contributed by atoms with E-state index in [2.05, 4.69) is 10.2 Å². The first-order valence-electron chi connectivity index (χ1n) is 7.29. The van der Waals surface area contributed by atoms with Crippen molar-refractivity contribution in [2.75, 3.05) is 31.2 Å². The van der Waals surface area contributed by atoms with Gasteiger partial charge in [-0.3, -0.25) is 0 Å². The Morgan fingerprint density at radius 3 is 2.73 bits per heavy atom. The summed E-state index contributed by atoms with van der Waals surface area (Å²) in [5.41, 5.74) is -1.38. The van der Waals surface area contributed by atoms with Crippen LogP contribution in [0.4, 0.5) is 19.0 Å². The van der Waals surface area contributed by atoms with Crippen LogP contribution in [0.2, 0.25) is 0 Å². The van der Waals surface area contributed by atoms with Crippen molar-refractivity contribution < 1.29 is 22.6 Å². The van der Waals surface area contributed by atoms with Gasteiger partial charge in [0.05, 0.1) is 19.3 Å². The molecule has 0 radical (unpaired) electrons. The molecule has 1 spiro atoms. The van der Waals surface area contributed by atoms with Crippen molar-refractivity contribution in [1.29, 1.82) is 0 Å². The average molecular weight is 317 g/mol. The number of morpholine rings is 1. The molecule has 0 unspecified atom stereocenters. The van der Waals surface area contributed by atoms with Crippen molar-refractivity contribution >= 4 is 5.82 Å². The molecule has 3 rings (SSSR count). The number of hydrogen-bond acceptors (Lipinski definition) is 5. The fourth-order valence-corrected chi connectivity index (χ4v) is 3.09. The minimum Gasteiger partial charge on any atom is -0.378 e. The predicted octanol–water partition coefficient (Wildman–Crippen LogP) is 2.27. The van der Waals surface area contributed by atoms with Gasteiger partial charge < -0.3 is 14.4 Å². The van der Waals surface area contributed by atoms with Crippen LogP contribution in [-0.4, -0.2) is 48.2 Å². The molecule has 1 aromatic rings. The predicted molar refractivity (Wildman–Crippen MR) is 72.6 cm³/mol. The number of rotatable bonds is 1. The van der Waals surface area contributed by atoms with Gasteiger partial charge in [-0.05, 0) is 31.9 Å². The number of aromatic nitrogens is 2. The maximum Gasteiger partial charge on any atom is 0.435 e. The summed E-state index contributed by atoms with van der Waals surface area (Å²) >= 11 is 0. The van der Waals surface area contributed by atoms with Crippen molar-refractivity contribution in [1.82, 2.24) is 10.2 Å². The van der Waals surface area contributed by atoms with E-state index in [1.807, 2.05) is 11.8 Å². The topological polar surface area (TPSA) is 47.5 Å². The average Bonchev–Trinajstić information content (AvgIpc) is 2.46. The van der Waals surface area contributed by atoms with Gasteiger partial charge in [0.2, 0.25) is 0 Å². The van der Waals surface area contributed by atoms with E-state index in [1.165, 1.54) is 6.07 Å². The van der Waals surface area contributed by atoms with Crippen LogP contribution in [-0.2, 0) is 15.7 Å². The number of hydrogen-bond donors (Lipinski definition) is 0. The number of anilines is 1. The first kappa shape index (κ1) is 15.5. The van der Waals surface area contributed by atoms with Crippen LogP contribution in [0.3, 0.4) is 0 Å². The molecule has 0 aliphatic carbocycles. The highest BCUT2D eigenvalue weighted by Crippen LogP contribution is 2.32. The standard InChI is InChI=1S/C14H18F3N3O2/c1-10-7-20(8-13(22-10)5-2-6-21-9-13)12-4-3-11(18-19-12)14(15,16)17/h3-4,10H,2,5-9H2,1H3/t10-,13-/m0/s1. The van der Waals surface area contributed by atoms with E-state index < -0.39 is 17.5 Å². The van der Waals surface area contributed by atoms with Crippen molar-refractivity contribution in [3.8, 4) is 0 Å². The van der Waals surface area contributed by atoms with E-state index in [-0.39, 0.29) is 6.10 Å². The SMILES string of the molecule is C[C@H]1CN(c2ccc(C(F)(F)F)nn2)C[C@]2(CCCOC2)O1. The number of nitrogens with zero attached hydrogens (tertiary/aromatic N) is 3. The molecule has 0 bridgehead atoms. The van der Waals surface area contributed by atoms with Crippen LogP contribution >= 0.6 is 0 Å². The molecule has 2 saturated heterocycles. The number of ether oxygens (including phenoxy) is 2. The summed E-state index contributed by atoms with van der Waals surface area (Å²) in [6, 6.07) is 2.33. The van der Waals surface area contributed by atoms with Gasteiger partial charge in [-0.1, -0.05) is 0 Å². The number of alkyl halides is 3. The van der Waals surface area contributed by atoms with Crippen LogP contribution in [0, 0.1) is 0 Å². The summed E-state index contributed by atoms with van der Waals surface area (Å²) in [4.78, 5) is 1.93. The lowest BCUT2D eigenvalue weighted by molar-refractivity contribution is -0.160. The Kier molecular flexibility index (Phi) is 3.98. The molecule has 0 amide bonds. The summed E-state index contributed by atoms with van der Waals surface area (Å²) in [7, 11) is 0. The minimum atomic E-state index is -4.47. The van der Waals surface area contributed by atoms with E-state index in [1.54, 1.807) is 0 Å². The van der Waals surface area contributed by atoms with Crippen LogP contribution < -0.4 is 4.90 Å². The molecule has 0 N–H and O–H groups in total. The zero-order chi connectivity index (χ0) is 15.8. The third kappa shape index (κ3) is 3.17. The Hall–Kier alpha value is -1.41. The second-order valence-electron chi connectivity index (χ2n) is 5.92. The zero-order valence-electron chi connectivity index (χ0n) is 12.3. The molecule has 2 atom stereocenters. The lowest BCUT2D eigenvalue weighted by atomic mass is 9.93. The monoisotopic (exact) mass is 317 g/mol. The molecule has 0 saturated carbocycles. The molecule has 122 valence electrons. The first-order valence-corrected chi connectivity index (χ1v) is 7.29.